The number of hydrogen-bond acceptors (Lipinski definition) is 2. The third-order valence-corrected chi connectivity index (χ3v) is 6.03. The number of hydrogen-bond donors (Lipinski definition) is 0. The van der Waals surface area contributed by atoms with E-state index in [9.17, 15) is 13.6 Å². The van der Waals surface area contributed by atoms with E-state index in [0.717, 1.165) is 17.0 Å². The van der Waals surface area contributed by atoms with Crippen molar-refractivity contribution in [2.24, 2.45) is 5.41 Å². The van der Waals surface area contributed by atoms with E-state index in [1.165, 1.54) is 22.3 Å². The fraction of sp³-hybridized carbons (Fsp3) is 0.312. The molecule has 1 aliphatic rings. The van der Waals surface area contributed by atoms with Crippen LogP contribution in [0.1, 0.15) is 18.2 Å². The van der Waals surface area contributed by atoms with Gasteiger partial charge in [-0.05, 0) is 36.9 Å². The van der Waals surface area contributed by atoms with Crippen LogP contribution in [-0.4, -0.2) is 10.2 Å². The summed E-state index contributed by atoms with van der Waals surface area (Å²) in [5.74, 6) is -1.87. The average Bonchev–Trinajstić information content (AvgIpc) is 2.84. The minimum atomic E-state index is -1.16. The highest BCUT2D eigenvalue weighted by Crippen LogP contribution is 2.64. The summed E-state index contributed by atoms with van der Waals surface area (Å²) in [7, 11) is 0. The number of nitrogens with zero attached hydrogens (tertiary/aromatic N) is 1. The largest absolute Gasteiger partial charge is 0.304 e. The normalized spacial score (nSPS) is 22.0. The highest BCUT2D eigenvalue weighted by atomic mass is 35.5. The Morgan fingerprint density at radius 3 is 2.57 bits per heavy atom. The van der Waals surface area contributed by atoms with Crippen molar-refractivity contribution in [2.45, 2.75) is 24.2 Å². The first-order valence-electron chi connectivity index (χ1n) is 6.92. The van der Waals surface area contributed by atoms with Gasteiger partial charge in [-0.15, -0.1) is 34.5 Å². The van der Waals surface area contributed by atoms with Gasteiger partial charge in [0, 0.05) is 10.9 Å². The summed E-state index contributed by atoms with van der Waals surface area (Å²) in [6.45, 7) is 1.83. The predicted molar refractivity (Wildman–Crippen MR) is 89.0 cm³/mol. The molecule has 1 aromatic carbocycles. The molecule has 0 aliphatic heterocycles. The molecule has 0 spiro atoms. The molecule has 1 saturated carbocycles. The topological polar surface area (TPSA) is 20.3 Å². The molecule has 0 bridgehead atoms. The van der Waals surface area contributed by atoms with Crippen molar-refractivity contribution in [1.82, 2.24) is 0 Å². The number of anilines is 1. The van der Waals surface area contributed by atoms with Crippen LogP contribution in [0, 0.1) is 17.0 Å². The van der Waals surface area contributed by atoms with Gasteiger partial charge in [0.1, 0.15) is 16.0 Å². The number of benzene rings is 1. The smallest absolute Gasteiger partial charge is 0.236 e. The van der Waals surface area contributed by atoms with E-state index in [4.69, 9.17) is 23.2 Å². The third-order valence-electron chi connectivity index (χ3n) is 4.07. The summed E-state index contributed by atoms with van der Waals surface area (Å²) in [5, 5.41) is 1.87. The van der Waals surface area contributed by atoms with E-state index < -0.39 is 21.4 Å². The molecule has 0 radical (unpaired) electrons. The Kier molecular flexibility index (Phi) is 4.15. The summed E-state index contributed by atoms with van der Waals surface area (Å²) in [6.07, 6.45) is 0.297. The highest BCUT2D eigenvalue weighted by molar-refractivity contribution is 7.09. The first-order chi connectivity index (χ1) is 10.7. The molecule has 23 heavy (non-hydrogen) atoms. The first kappa shape index (κ1) is 16.7. The van der Waals surface area contributed by atoms with E-state index in [-0.39, 0.29) is 18.1 Å². The summed E-state index contributed by atoms with van der Waals surface area (Å²) in [6, 6.07) is 6.82. The maximum absolute atomic E-state index is 14.2. The number of alkyl halides is 2. The second-order valence-corrected chi connectivity index (χ2v) is 8.30. The van der Waals surface area contributed by atoms with Crippen molar-refractivity contribution in [3.05, 3.63) is 52.2 Å². The average molecular weight is 376 g/mol. The van der Waals surface area contributed by atoms with Crippen LogP contribution in [0.5, 0.6) is 0 Å². The monoisotopic (exact) mass is 375 g/mol. The second kappa shape index (κ2) is 5.72. The molecule has 0 N–H and O–H groups in total. The van der Waals surface area contributed by atoms with E-state index in [1.54, 1.807) is 6.92 Å². The van der Waals surface area contributed by atoms with Crippen LogP contribution < -0.4 is 4.90 Å². The summed E-state index contributed by atoms with van der Waals surface area (Å²) in [5.41, 5.74) is -0.962. The lowest BCUT2D eigenvalue weighted by atomic mass is 10.1. The molecule has 2 aromatic rings. The summed E-state index contributed by atoms with van der Waals surface area (Å²) >= 11 is 13.6. The highest BCUT2D eigenvalue weighted by Gasteiger charge is 2.69. The first-order valence-corrected chi connectivity index (χ1v) is 8.55. The zero-order valence-electron chi connectivity index (χ0n) is 12.2. The van der Waals surface area contributed by atoms with Gasteiger partial charge in [-0.2, -0.15) is 0 Å². The number of rotatable bonds is 4. The summed E-state index contributed by atoms with van der Waals surface area (Å²) in [4.78, 5) is 15.1. The molecule has 3 rings (SSSR count). The van der Waals surface area contributed by atoms with Gasteiger partial charge in [0.25, 0.3) is 0 Å². The minimum Gasteiger partial charge on any atom is -0.304 e. The van der Waals surface area contributed by atoms with Crippen molar-refractivity contribution < 1.29 is 13.6 Å². The molecule has 1 unspecified atom stereocenters. The molecule has 1 amide bonds. The van der Waals surface area contributed by atoms with Gasteiger partial charge in [0.15, 0.2) is 0 Å². The van der Waals surface area contributed by atoms with Gasteiger partial charge in [-0.1, -0.05) is 6.07 Å². The quantitative estimate of drug-likeness (QED) is 0.677. The van der Waals surface area contributed by atoms with Crippen LogP contribution in [0.3, 0.4) is 0 Å². The number of halogens is 4. The van der Waals surface area contributed by atoms with Crippen molar-refractivity contribution in [3.63, 3.8) is 0 Å². The van der Waals surface area contributed by atoms with Gasteiger partial charge in [0.2, 0.25) is 5.91 Å². The fourth-order valence-electron chi connectivity index (χ4n) is 2.45. The number of carbonyl (C=O) groups excluding carboxylic acids is 1. The number of amides is 1. The van der Waals surface area contributed by atoms with Crippen molar-refractivity contribution in [1.29, 1.82) is 0 Å². The van der Waals surface area contributed by atoms with Gasteiger partial charge in [-0.25, -0.2) is 8.78 Å². The van der Waals surface area contributed by atoms with Crippen molar-refractivity contribution in [2.75, 3.05) is 4.90 Å². The molecule has 1 heterocycles. The molecule has 0 saturated heterocycles. The molecular weight excluding hydrogens is 363 g/mol. The Hall–Kier alpha value is -1.17. The van der Waals surface area contributed by atoms with Crippen molar-refractivity contribution >= 4 is 46.1 Å². The molecule has 2 nitrogen and oxygen atoms in total. The zero-order valence-corrected chi connectivity index (χ0v) is 14.5. The van der Waals surface area contributed by atoms with Crippen LogP contribution in [0.2, 0.25) is 0 Å². The Morgan fingerprint density at radius 2 is 2.04 bits per heavy atom. The summed E-state index contributed by atoms with van der Waals surface area (Å²) < 4.78 is 26.2. The molecule has 1 fully saturated rings. The van der Waals surface area contributed by atoms with Crippen molar-refractivity contribution in [3.8, 4) is 0 Å². The Morgan fingerprint density at radius 1 is 1.35 bits per heavy atom. The standard InChI is InChI=1S/C16H13Cl2F2NOS/c1-15(9-16(15,17)18)14(22)21(8-11-3-2-6-23-11)13-5-4-10(19)7-12(13)20/h2-7H,8-9H2,1H3. The SMILES string of the molecule is CC1(C(=O)N(Cc2cccs2)c2ccc(F)cc2F)CC1(Cl)Cl. The number of carbonyl (C=O) groups is 1. The van der Waals surface area contributed by atoms with Crippen LogP contribution >= 0.6 is 34.5 Å². The van der Waals surface area contributed by atoms with E-state index in [0.29, 0.717) is 6.42 Å². The molecule has 7 heteroatoms. The van der Waals surface area contributed by atoms with Crippen LogP contribution in [0.15, 0.2) is 35.7 Å². The third kappa shape index (κ3) is 2.97. The molecule has 122 valence electrons. The minimum absolute atomic E-state index is 0.0158. The molecular formula is C16H13Cl2F2NOS. The number of thiophene rings is 1. The van der Waals surface area contributed by atoms with Gasteiger partial charge >= 0.3 is 0 Å². The lowest BCUT2D eigenvalue weighted by Gasteiger charge is -2.26. The molecule has 1 atom stereocenters. The second-order valence-electron chi connectivity index (χ2n) is 5.78. The van der Waals surface area contributed by atoms with Crippen LogP contribution in [-0.2, 0) is 11.3 Å². The molecule has 1 aliphatic carbocycles. The van der Waals surface area contributed by atoms with Crippen LogP contribution in [0.4, 0.5) is 14.5 Å². The predicted octanol–water partition coefficient (Wildman–Crippen LogP) is 5.14. The Balaban J connectivity index is 1.99. The van der Waals surface area contributed by atoms with Gasteiger partial charge in [-0.3, -0.25) is 4.79 Å². The Labute approximate surface area is 146 Å². The zero-order chi connectivity index (χ0) is 16.8. The lowest BCUT2D eigenvalue weighted by Crippen LogP contribution is -2.38. The maximum Gasteiger partial charge on any atom is 0.236 e. The van der Waals surface area contributed by atoms with E-state index in [1.807, 2.05) is 17.5 Å². The van der Waals surface area contributed by atoms with E-state index in [2.05, 4.69) is 0 Å². The van der Waals surface area contributed by atoms with Gasteiger partial charge in [0.05, 0.1) is 17.6 Å². The maximum atomic E-state index is 14.2. The van der Waals surface area contributed by atoms with E-state index >= 15 is 0 Å². The fourth-order valence-corrected chi connectivity index (χ4v) is 3.84. The van der Waals surface area contributed by atoms with Crippen LogP contribution in [0.25, 0.3) is 0 Å². The Bertz CT molecular complexity index is 751. The lowest BCUT2D eigenvalue weighted by molar-refractivity contribution is -0.123. The molecule has 1 aromatic heterocycles. The van der Waals surface area contributed by atoms with Gasteiger partial charge < -0.3 is 4.90 Å².